The van der Waals surface area contributed by atoms with Gasteiger partial charge in [-0.2, -0.15) is 0 Å². The maximum atomic E-state index is 8.25. The summed E-state index contributed by atoms with van der Waals surface area (Å²) in [7, 11) is 0. The van der Waals surface area contributed by atoms with Gasteiger partial charge in [-0.05, 0) is 0 Å². The first-order chi connectivity index (χ1) is 5.41. The minimum absolute atomic E-state index is 0.750. The first-order valence-electron chi connectivity index (χ1n) is 4.62. The molecule has 0 rings (SSSR count). The molecule has 1 nitrogen and oxygen atoms in total. The van der Waals surface area contributed by atoms with Crippen molar-refractivity contribution < 1.29 is 23.7 Å². The van der Waals surface area contributed by atoms with E-state index in [2.05, 4.69) is 13.8 Å². The van der Waals surface area contributed by atoms with Crippen molar-refractivity contribution in [3.63, 3.8) is 0 Å². The number of rotatable bonds is 6. The van der Waals surface area contributed by atoms with Gasteiger partial charge in [0, 0.05) is 0 Å². The Morgan fingerprint density at radius 2 is 1.00 bits per heavy atom. The van der Waals surface area contributed by atoms with E-state index in [0.717, 1.165) is 20.4 Å². The summed E-state index contributed by atoms with van der Waals surface area (Å²) in [5.74, 6) is 0. The summed E-state index contributed by atoms with van der Waals surface area (Å²) in [6.45, 7) is 4.53. The van der Waals surface area contributed by atoms with Gasteiger partial charge in [-0.15, -0.1) is 0 Å². The minimum atomic E-state index is 0.750. The molecule has 0 N–H and O–H groups in total. The molecule has 0 amide bonds. The number of hydrogen-bond donors (Lipinski definition) is 0. The summed E-state index contributed by atoms with van der Waals surface area (Å²) in [6, 6.07) is 0. The molecular formula is C9H20OTi. The Kier molecular flexibility index (Phi) is 21.5. The molecule has 66 valence electrons. The molecular weight excluding hydrogens is 172 g/mol. The van der Waals surface area contributed by atoms with E-state index in [0.29, 0.717) is 0 Å². The van der Waals surface area contributed by atoms with E-state index in [4.69, 9.17) is 3.32 Å². The van der Waals surface area contributed by atoms with Crippen LogP contribution in [0.5, 0.6) is 0 Å². The van der Waals surface area contributed by atoms with Crippen LogP contribution in [0.3, 0.4) is 0 Å². The van der Waals surface area contributed by atoms with Gasteiger partial charge in [0.05, 0.1) is 0 Å². The van der Waals surface area contributed by atoms with Crippen LogP contribution < -0.4 is 0 Å². The van der Waals surface area contributed by atoms with Gasteiger partial charge in [-0.25, -0.2) is 0 Å². The van der Waals surface area contributed by atoms with Gasteiger partial charge in [0.2, 0.25) is 0 Å². The molecule has 0 fully saturated rings. The van der Waals surface area contributed by atoms with Gasteiger partial charge < -0.3 is 0 Å². The molecule has 11 heavy (non-hydrogen) atoms. The van der Waals surface area contributed by atoms with Crippen molar-refractivity contribution >= 4 is 0 Å². The van der Waals surface area contributed by atoms with Crippen LogP contribution in [0.2, 0.25) is 0 Å². The van der Waals surface area contributed by atoms with Gasteiger partial charge in [0.1, 0.15) is 0 Å². The summed E-state index contributed by atoms with van der Waals surface area (Å²) < 4.78 is 8.25. The third kappa shape index (κ3) is 18.0. The molecule has 2 heteroatoms. The monoisotopic (exact) mass is 192 g/mol. The second kappa shape index (κ2) is 16.9. The molecule has 0 aromatic heterocycles. The Morgan fingerprint density at radius 1 is 0.727 bits per heavy atom. The third-order valence-electron chi connectivity index (χ3n) is 1.71. The standard InChI is InChI=1S/C9H20.O.Ti/c1-3-5-7-9-8-6-4-2;;/h3-9H2,1-2H3;;. The third-order valence-corrected chi connectivity index (χ3v) is 1.71. The van der Waals surface area contributed by atoms with Crippen LogP contribution in [0.1, 0.15) is 58.8 Å². The second-order valence-corrected chi connectivity index (χ2v) is 2.77. The zero-order valence-corrected chi connectivity index (χ0v) is 9.42. The average molecular weight is 192 g/mol. The molecule has 0 saturated heterocycles. The Balaban J connectivity index is 0. The quantitative estimate of drug-likeness (QED) is 0.463. The summed E-state index contributed by atoms with van der Waals surface area (Å²) in [5, 5.41) is 0. The maximum absolute atomic E-state index is 8.25. The molecule has 0 heterocycles. The summed E-state index contributed by atoms with van der Waals surface area (Å²) in [5.41, 5.74) is 0. The SMILES string of the molecule is CCCCCCCCC.[O]=[Ti]. The first kappa shape index (κ1) is 14.1. The van der Waals surface area contributed by atoms with Gasteiger partial charge in [-0.1, -0.05) is 58.8 Å². The van der Waals surface area contributed by atoms with Crippen LogP contribution >= 0.6 is 0 Å². The topological polar surface area (TPSA) is 17.1 Å². The van der Waals surface area contributed by atoms with Crippen LogP contribution in [0, 0.1) is 0 Å². The zero-order valence-electron chi connectivity index (χ0n) is 7.86. The van der Waals surface area contributed by atoms with E-state index in [1.165, 1.54) is 44.9 Å². The van der Waals surface area contributed by atoms with Crippen LogP contribution in [0.25, 0.3) is 0 Å². The van der Waals surface area contributed by atoms with Crippen molar-refractivity contribution in [3.8, 4) is 0 Å². The summed E-state index contributed by atoms with van der Waals surface area (Å²) in [6.07, 6.45) is 9.97. The summed E-state index contributed by atoms with van der Waals surface area (Å²) >= 11 is 0.750. The van der Waals surface area contributed by atoms with E-state index >= 15 is 0 Å². The van der Waals surface area contributed by atoms with Crippen LogP contribution in [0.4, 0.5) is 0 Å². The molecule has 0 bridgehead atoms. The normalized spacial score (nSPS) is 8.45. The second-order valence-electron chi connectivity index (χ2n) is 2.77. The fourth-order valence-corrected chi connectivity index (χ4v) is 1.03. The van der Waals surface area contributed by atoms with E-state index in [-0.39, 0.29) is 0 Å². The molecule has 0 saturated carbocycles. The van der Waals surface area contributed by atoms with E-state index in [9.17, 15) is 0 Å². The van der Waals surface area contributed by atoms with Crippen LogP contribution in [-0.4, -0.2) is 0 Å². The molecule has 0 aromatic rings. The molecule has 0 spiro atoms. The fraction of sp³-hybridized carbons (Fsp3) is 1.00. The summed E-state index contributed by atoms with van der Waals surface area (Å²) in [4.78, 5) is 0. The average Bonchev–Trinajstić information content (AvgIpc) is 2.08. The number of hydrogen-bond acceptors (Lipinski definition) is 1. The predicted molar refractivity (Wildman–Crippen MR) is 44.4 cm³/mol. The van der Waals surface area contributed by atoms with E-state index in [1.807, 2.05) is 0 Å². The van der Waals surface area contributed by atoms with Crippen molar-refractivity contribution in [3.05, 3.63) is 0 Å². The van der Waals surface area contributed by atoms with Crippen molar-refractivity contribution in [2.75, 3.05) is 0 Å². The van der Waals surface area contributed by atoms with Gasteiger partial charge in [0.15, 0.2) is 0 Å². The first-order valence-corrected chi connectivity index (χ1v) is 5.26. The van der Waals surface area contributed by atoms with Crippen LogP contribution in [0.15, 0.2) is 0 Å². The van der Waals surface area contributed by atoms with Crippen molar-refractivity contribution in [2.24, 2.45) is 0 Å². The molecule has 0 atom stereocenters. The van der Waals surface area contributed by atoms with E-state index in [1.54, 1.807) is 0 Å². The molecule has 0 aliphatic heterocycles. The Labute approximate surface area is 82.7 Å². The molecule has 0 aliphatic carbocycles. The number of unbranched alkanes of at least 4 members (excludes halogenated alkanes) is 6. The molecule has 0 aliphatic rings. The van der Waals surface area contributed by atoms with E-state index < -0.39 is 0 Å². The fourth-order valence-electron chi connectivity index (χ4n) is 1.03. The van der Waals surface area contributed by atoms with Crippen molar-refractivity contribution in [1.29, 1.82) is 0 Å². The Hall–Kier alpha value is 0.514. The Bertz CT molecular complexity index is 51.5. The molecule has 0 aromatic carbocycles. The predicted octanol–water partition coefficient (Wildman–Crippen LogP) is 3.64. The molecule has 0 unspecified atom stereocenters. The zero-order chi connectivity index (χ0) is 8.95. The molecule has 0 radical (unpaired) electrons. The van der Waals surface area contributed by atoms with Gasteiger partial charge in [0.25, 0.3) is 0 Å². The van der Waals surface area contributed by atoms with Crippen molar-refractivity contribution in [1.82, 2.24) is 0 Å². The van der Waals surface area contributed by atoms with Crippen LogP contribution in [-0.2, 0) is 23.7 Å². The van der Waals surface area contributed by atoms with Gasteiger partial charge in [-0.3, -0.25) is 0 Å². The Morgan fingerprint density at radius 3 is 1.27 bits per heavy atom. The van der Waals surface area contributed by atoms with Crippen molar-refractivity contribution in [2.45, 2.75) is 58.8 Å². The van der Waals surface area contributed by atoms with Gasteiger partial charge >= 0.3 is 23.7 Å².